The van der Waals surface area contributed by atoms with Crippen molar-refractivity contribution in [3.63, 3.8) is 0 Å². The van der Waals surface area contributed by atoms with E-state index in [0.717, 1.165) is 17.6 Å². The van der Waals surface area contributed by atoms with Crippen LogP contribution < -0.4 is 11.1 Å². The summed E-state index contributed by atoms with van der Waals surface area (Å²) in [6.07, 6.45) is 0.839. The van der Waals surface area contributed by atoms with Crippen LogP contribution in [0.25, 0.3) is 10.9 Å². The summed E-state index contributed by atoms with van der Waals surface area (Å²) < 4.78 is 0. The molecule has 2 aromatic carbocycles. The molecule has 0 atom stereocenters. The van der Waals surface area contributed by atoms with Crippen molar-refractivity contribution < 1.29 is 0 Å². The summed E-state index contributed by atoms with van der Waals surface area (Å²) in [5.41, 5.74) is 9.15. The molecule has 0 unspecified atom stereocenters. The van der Waals surface area contributed by atoms with Crippen molar-refractivity contribution in [2.45, 2.75) is 6.42 Å². The molecule has 0 aliphatic rings. The molecule has 106 valence electrons. The van der Waals surface area contributed by atoms with Crippen molar-refractivity contribution in [3.05, 3.63) is 66.4 Å². The molecule has 0 radical (unpaired) electrons. The number of rotatable bonds is 4. The van der Waals surface area contributed by atoms with Gasteiger partial charge in [0.25, 0.3) is 0 Å². The molecule has 0 aliphatic heterocycles. The maximum atomic E-state index is 5.87. The van der Waals surface area contributed by atoms with Crippen molar-refractivity contribution in [2.24, 2.45) is 10.7 Å². The average Bonchev–Trinajstić information content (AvgIpc) is 2.91. The molecule has 4 heteroatoms. The zero-order chi connectivity index (χ0) is 14.5. The van der Waals surface area contributed by atoms with Gasteiger partial charge in [-0.25, -0.2) is 0 Å². The second kappa shape index (κ2) is 6.13. The summed E-state index contributed by atoms with van der Waals surface area (Å²) in [6.45, 7) is 0.651. The standard InChI is InChI=1S/C17H18N4/c18-17(21-14-7-2-1-3-8-14)19-11-10-15-12-13-6-4-5-9-16(13)20-15/h1-9,12,20H,10-11H2,(H3,18,19,21). The lowest BCUT2D eigenvalue weighted by Gasteiger charge is -2.04. The lowest BCUT2D eigenvalue weighted by atomic mass is 10.2. The zero-order valence-corrected chi connectivity index (χ0v) is 11.7. The van der Waals surface area contributed by atoms with E-state index in [2.05, 4.69) is 33.5 Å². The van der Waals surface area contributed by atoms with Gasteiger partial charge in [0.15, 0.2) is 5.96 Å². The molecule has 1 aromatic heterocycles. The molecular weight excluding hydrogens is 260 g/mol. The van der Waals surface area contributed by atoms with Gasteiger partial charge < -0.3 is 16.0 Å². The first-order chi connectivity index (χ1) is 10.3. The summed E-state index contributed by atoms with van der Waals surface area (Å²) in [5.74, 6) is 0.442. The Kier molecular flexibility index (Phi) is 3.87. The fourth-order valence-corrected chi connectivity index (χ4v) is 2.27. The number of hydrogen-bond acceptors (Lipinski definition) is 1. The number of nitrogens with one attached hydrogen (secondary N) is 2. The number of nitrogens with zero attached hydrogens (tertiary/aromatic N) is 1. The van der Waals surface area contributed by atoms with Gasteiger partial charge in [-0.15, -0.1) is 0 Å². The molecule has 3 rings (SSSR count). The number of H-pyrrole nitrogens is 1. The van der Waals surface area contributed by atoms with Gasteiger partial charge in [0.1, 0.15) is 0 Å². The molecule has 0 aliphatic carbocycles. The van der Waals surface area contributed by atoms with E-state index in [1.807, 2.05) is 42.5 Å². The second-order valence-electron chi connectivity index (χ2n) is 4.89. The van der Waals surface area contributed by atoms with E-state index in [9.17, 15) is 0 Å². The van der Waals surface area contributed by atoms with Gasteiger partial charge in [0, 0.05) is 29.9 Å². The zero-order valence-electron chi connectivity index (χ0n) is 11.7. The van der Waals surface area contributed by atoms with Crippen LogP contribution in [0.5, 0.6) is 0 Å². The lowest BCUT2D eigenvalue weighted by Crippen LogP contribution is -2.23. The summed E-state index contributed by atoms with van der Waals surface area (Å²) in [4.78, 5) is 7.74. The minimum Gasteiger partial charge on any atom is -0.370 e. The number of nitrogens with two attached hydrogens (primary N) is 1. The molecule has 0 amide bonds. The van der Waals surface area contributed by atoms with Crippen LogP contribution in [0, 0.1) is 0 Å². The summed E-state index contributed by atoms with van der Waals surface area (Å²) in [7, 11) is 0. The number of guanidine groups is 1. The highest BCUT2D eigenvalue weighted by atomic mass is 15.1. The normalized spacial score (nSPS) is 11.7. The molecule has 4 nitrogen and oxygen atoms in total. The van der Waals surface area contributed by atoms with Gasteiger partial charge in [0.2, 0.25) is 0 Å². The first-order valence-corrected chi connectivity index (χ1v) is 7.00. The van der Waals surface area contributed by atoms with Crippen LogP contribution in [0.1, 0.15) is 5.69 Å². The highest BCUT2D eigenvalue weighted by Gasteiger charge is 1.99. The van der Waals surface area contributed by atoms with Gasteiger partial charge in [0.05, 0.1) is 0 Å². The number of aromatic nitrogens is 1. The highest BCUT2D eigenvalue weighted by Crippen LogP contribution is 2.14. The number of para-hydroxylation sites is 2. The van der Waals surface area contributed by atoms with Crippen molar-refractivity contribution in [1.29, 1.82) is 0 Å². The number of fused-ring (bicyclic) bond motifs is 1. The summed E-state index contributed by atoms with van der Waals surface area (Å²) in [6, 6.07) is 20.2. The second-order valence-corrected chi connectivity index (χ2v) is 4.89. The van der Waals surface area contributed by atoms with Crippen LogP contribution in [0.15, 0.2) is 65.7 Å². The molecule has 0 spiro atoms. The third kappa shape index (κ3) is 3.42. The molecule has 4 N–H and O–H groups in total. The Morgan fingerprint density at radius 3 is 2.62 bits per heavy atom. The van der Waals surface area contributed by atoms with Gasteiger partial charge in [-0.05, 0) is 29.7 Å². The molecule has 0 saturated carbocycles. The van der Waals surface area contributed by atoms with E-state index >= 15 is 0 Å². The first-order valence-electron chi connectivity index (χ1n) is 7.00. The molecule has 0 saturated heterocycles. The van der Waals surface area contributed by atoms with E-state index in [0.29, 0.717) is 12.5 Å². The van der Waals surface area contributed by atoms with Gasteiger partial charge in [-0.3, -0.25) is 4.99 Å². The third-order valence-corrected chi connectivity index (χ3v) is 3.30. The van der Waals surface area contributed by atoms with E-state index in [1.165, 1.54) is 11.1 Å². The van der Waals surface area contributed by atoms with Crippen LogP contribution >= 0.6 is 0 Å². The number of benzene rings is 2. The summed E-state index contributed by atoms with van der Waals surface area (Å²) >= 11 is 0. The monoisotopic (exact) mass is 278 g/mol. The number of aromatic amines is 1. The number of hydrogen-bond donors (Lipinski definition) is 3. The topological polar surface area (TPSA) is 66.2 Å². The van der Waals surface area contributed by atoms with E-state index in [4.69, 9.17) is 5.73 Å². The minimum atomic E-state index is 0.442. The van der Waals surface area contributed by atoms with Crippen molar-refractivity contribution in [3.8, 4) is 0 Å². The van der Waals surface area contributed by atoms with Gasteiger partial charge in [-0.1, -0.05) is 36.4 Å². The van der Waals surface area contributed by atoms with E-state index in [-0.39, 0.29) is 0 Å². The molecule has 21 heavy (non-hydrogen) atoms. The molecule has 0 bridgehead atoms. The Balaban J connectivity index is 1.58. The Morgan fingerprint density at radius 1 is 1.05 bits per heavy atom. The van der Waals surface area contributed by atoms with Gasteiger partial charge in [-0.2, -0.15) is 0 Å². The van der Waals surface area contributed by atoms with Crippen LogP contribution in [0.3, 0.4) is 0 Å². The van der Waals surface area contributed by atoms with Crippen LogP contribution in [0.2, 0.25) is 0 Å². The fourth-order valence-electron chi connectivity index (χ4n) is 2.27. The minimum absolute atomic E-state index is 0.442. The number of anilines is 1. The molecular formula is C17H18N4. The molecule has 1 heterocycles. The average molecular weight is 278 g/mol. The van der Waals surface area contributed by atoms with Crippen molar-refractivity contribution in [1.82, 2.24) is 4.98 Å². The Hall–Kier alpha value is -2.75. The SMILES string of the molecule is NC(=NCCc1cc2ccccc2[nH]1)Nc1ccccc1. The Labute approximate surface area is 123 Å². The van der Waals surface area contributed by atoms with Crippen LogP contribution in [-0.2, 0) is 6.42 Å². The Bertz CT molecular complexity index is 711. The van der Waals surface area contributed by atoms with E-state index < -0.39 is 0 Å². The largest absolute Gasteiger partial charge is 0.370 e. The lowest BCUT2D eigenvalue weighted by molar-refractivity contribution is 0.937. The predicted molar refractivity (Wildman–Crippen MR) is 88.6 cm³/mol. The highest BCUT2D eigenvalue weighted by molar-refractivity contribution is 5.92. The fraction of sp³-hybridized carbons (Fsp3) is 0.118. The summed E-state index contributed by atoms with van der Waals surface area (Å²) in [5, 5.41) is 4.30. The molecule has 3 aromatic rings. The van der Waals surface area contributed by atoms with Crippen LogP contribution in [0.4, 0.5) is 5.69 Å². The van der Waals surface area contributed by atoms with Crippen molar-refractivity contribution >= 4 is 22.5 Å². The maximum absolute atomic E-state index is 5.87. The van der Waals surface area contributed by atoms with Crippen LogP contribution in [-0.4, -0.2) is 17.5 Å². The molecule has 0 fully saturated rings. The smallest absolute Gasteiger partial charge is 0.193 e. The first kappa shape index (κ1) is 13.2. The third-order valence-electron chi connectivity index (χ3n) is 3.30. The Morgan fingerprint density at radius 2 is 1.81 bits per heavy atom. The quantitative estimate of drug-likeness (QED) is 0.507. The van der Waals surface area contributed by atoms with Crippen molar-refractivity contribution in [2.75, 3.05) is 11.9 Å². The predicted octanol–water partition coefficient (Wildman–Crippen LogP) is 3.14. The maximum Gasteiger partial charge on any atom is 0.193 e. The van der Waals surface area contributed by atoms with E-state index in [1.54, 1.807) is 0 Å². The number of aliphatic imine (C=N–C) groups is 1. The van der Waals surface area contributed by atoms with Gasteiger partial charge >= 0.3 is 0 Å².